The van der Waals surface area contributed by atoms with Gasteiger partial charge in [0.15, 0.2) is 0 Å². The maximum Gasteiger partial charge on any atom is 0.103 e. The molecule has 1 rings (SSSR count). The summed E-state index contributed by atoms with van der Waals surface area (Å²) >= 11 is 0. The monoisotopic (exact) mass is 246 g/mol. The second-order valence-corrected chi connectivity index (χ2v) is 4.25. The zero-order valence-corrected chi connectivity index (χ0v) is 11.0. The molecule has 18 heavy (non-hydrogen) atoms. The zero-order valence-electron chi connectivity index (χ0n) is 11.0. The van der Waals surface area contributed by atoms with Crippen LogP contribution < -0.4 is 0 Å². The van der Waals surface area contributed by atoms with E-state index in [0.29, 0.717) is 13.2 Å². The Kier molecular flexibility index (Phi) is 7.90. The van der Waals surface area contributed by atoms with Gasteiger partial charge in [0.2, 0.25) is 0 Å². The first-order valence-electron chi connectivity index (χ1n) is 6.53. The van der Waals surface area contributed by atoms with E-state index in [-0.39, 0.29) is 0 Å². The summed E-state index contributed by atoms with van der Waals surface area (Å²) in [6, 6.07) is 9.94. The molecule has 2 nitrogen and oxygen atoms in total. The summed E-state index contributed by atoms with van der Waals surface area (Å²) in [5, 5.41) is 9.62. The maximum absolute atomic E-state index is 9.62. The van der Waals surface area contributed by atoms with E-state index in [1.807, 2.05) is 36.4 Å². The molecular weight excluding hydrogens is 224 g/mol. The molecule has 0 heterocycles. The highest BCUT2D eigenvalue weighted by molar-refractivity contribution is 5.13. The van der Waals surface area contributed by atoms with Crippen LogP contribution in [0, 0.1) is 0 Å². The molecule has 0 fully saturated rings. The molecule has 1 aromatic rings. The van der Waals surface area contributed by atoms with Gasteiger partial charge in [-0.05, 0) is 30.6 Å². The molecule has 0 saturated carbocycles. The number of hydrogen-bond donors (Lipinski definition) is 1. The van der Waals surface area contributed by atoms with Gasteiger partial charge in [0.05, 0.1) is 13.2 Å². The van der Waals surface area contributed by atoms with Gasteiger partial charge in [-0.3, -0.25) is 0 Å². The molecule has 98 valence electrons. The van der Waals surface area contributed by atoms with Gasteiger partial charge in [0, 0.05) is 0 Å². The first-order valence-corrected chi connectivity index (χ1v) is 6.53. The molecule has 0 aliphatic rings. The van der Waals surface area contributed by atoms with Crippen molar-refractivity contribution in [3.05, 3.63) is 53.8 Å². The Balaban J connectivity index is 2.17. The molecule has 0 radical (unpaired) electrons. The minimum atomic E-state index is -0.577. The zero-order chi connectivity index (χ0) is 13.1. The lowest BCUT2D eigenvalue weighted by molar-refractivity contribution is 0.0504. The van der Waals surface area contributed by atoms with Crippen molar-refractivity contribution in [3.63, 3.8) is 0 Å². The average Bonchev–Trinajstić information content (AvgIpc) is 2.40. The summed E-state index contributed by atoms with van der Waals surface area (Å²) in [5.74, 6) is 0. The molecule has 0 bridgehead atoms. The SMILES string of the molecule is CCCCC=C=C[C@@H](O)COCc1ccccc1. The lowest BCUT2D eigenvalue weighted by Gasteiger charge is -2.06. The Morgan fingerprint density at radius 2 is 2.11 bits per heavy atom. The predicted octanol–water partition coefficient (Wildman–Crippen LogP) is 3.47. The van der Waals surface area contributed by atoms with Crippen molar-refractivity contribution in [1.82, 2.24) is 0 Å². The number of rotatable bonds is 8. The van der Waals surface area contributed by atoms with E-state index >= 15 is 0 Å². The van der Waals surface area contributed by atoms with Gasteiger partial charge in [-0.15, -0.1) is 5.73 Å². The molecule has 0 aliphatic carbocycles. The van der Waals surface area contributed by atoms with Gasteiger partial charge < -0.3 is 9.84 Å². The summed E-state index contributed by atoms with van der Waals surface area (Å²) in [6.45, 7) is 3.00. The Bertz CT molecular complexity index is 364. The van der Waals surface area contributed by atoms with E-state index in [4.69, 9.17) is 4.74 Å². The van der Waals surface area contributed by atoms with Crippen LogP contribution in [-0.4, -0.2) is 17.8 Å². The Hall–Kier alpha value is -1.34. The smallest absolute Gasteiger partial charge is 0.103 e. The second-order valence-electron chi connectivity index (χ2n) is 4.25. The van der Waals surface area contributed by atoms with Crippen LogP contribution in [0.3, 0.4) is 0 Å². The summed E-state index contributed by atoms with van der Waals surface area (Å²) in [5.41, 5.74) is 4.11. The Morgan fingerprint density at radius 1 is 1.33 bits per heavy atom. The molecule has 1 atom stereocenters. The van der Waals surface area contributed by atoms with Crippen LogP contribution >= 0.6 is 0 Å². The normalized spacial score (nSPS) is 11.7. The number of aliphatic hydroxyl groups is 1. The molecular formula is C16H22O2. The molecule has 0 aromatic heterocycles. The second kappa shape index (κ2) is 9.67. The minimum absolute atomic E-state index is 0.309. The van der Waals surface area contributed by atoms with E-state index in [1.54, 1.807) is 6.08 Å². The third kappa shape index (κ3) is 7.08. The van der Waals surface area contributed by atoms with Gasteiger partial charge in [0.25, 0.3) is 0 Å². The van der Waals surface area contributed by atoms with Crippen molar-refractivity contribution < 1.29 is 9.84 Å². The van der Waals surface area contributed by atoms with Gasteiger partial charge in [-0.1, -0.05) is 43.7 Å². The van der Waals surface area contributed by atoms with Crippen LogP contribution in [0.1, 0.15) is 31.7 Å². The molecule has 0 saturated heterocycles. The summed E-state index contributed by atoms with van der Waals surface area (Å²) in [6.07, 6.45) is 6.41. The number of aliphatic hydroxyl groups excluding tert-OH is 1. The van der Waals surface area contributed by atoms with E-state index in [1.165, 1.54) is 12.8 Å². The fourth-order valence-electron chi connectivity index (χ4n) is 1.49. The molecule has 1 N–H and O–H groups in total. The highest BCUT2D eigenvalue weighted by Crippen LogP contribution is 2.01. The first-order chi connectivity index (χ1) is 8.83. The van der Waals surface area contributed by atoms with Gasteiger partial charge in [0.1, 0.15) is 6.10 Å². The van der Waals surface area contributed by atoms with Crippen LogP contribution in [0.5, 0.6) is 0 Å². The Labute approximate surface area is 110 Å². The fraction of sp³-hybridized carbons (Fsp3) is 0.438. The lowest BCUT2D eigenvalue weighted by Crippen LogP contribution is -2.11. The van der Waals surface area contributed by atoms with E-state index in [9.17, 15) is 5.11 Å². The van der Waals surface area contributed by atoms with Gasteiger partial charge in [-0.25, -0.2) is 0 Å². The number of hydrogen-bond acceptors (Lipinski definition) is 2. The molecule has 0 amide bonds. The largest absolute Gasteiger partial charge is 0.386 e. The van der Waals surface area contributed by atoms with Crippen molar-refractivity contribution in [1.29, 1.82) is 0 Å². The maximum atomic E-state index is 9.62. The third-order valence-electron chi connectivity index (χ3n) is 2.51. The van der Waals surface area contributed by atoms with Gasteiger partial charge >= 0.3 is 0 Å². The molecule has 1 aromatic carbocycles. The average molecular weight is 246 g/mol. The number of unbranched alkanes of at least 4 members (excludes halogenated alkanes) is 2. The highest BCUT2D eigenvalue weighted by atomic mass is 16.5. The van der Waals surface area contributed by atoms with Crippen LogP contribution in [0.15, 0.2) is 48.2 Å². The van der Waals surface area contributed by atoms with Crippen LogP contribution in [0.2, 0.25) is 0 Å². The topological polar surface area (TPSA) is 29.5 Å². The number of ether oxygens (including phenoxy) is 1. The van der Waals surface area contributed by atoms with E-state index < -0.39 is 6.10 Å². The summed E-state index contributed by atoms with van der Waals surface area (Å²) < 4.78 is 5.42. The fourth-order valence-corrected chi connectivity index (χ4v) is 1.49. The third-order valence-corrected chi connectivity index (χ3v) is 2.51. The van der Waals surface area contributed by atoms with E-state index in [0.717, 1.165) is 12.0 Å². The number of benzene rings is 1. The minimum Gasteiger partial charge on any atom is -0.386 e. The molecule has 2 heteroatoms. The molecule has 0 aliphatic heterocycles. The van der Waals surface area contributed by atoms with Crippen molar-refractivity contribution in [2.45, 2.75) is 38.9 Å². The van der Waals surface area contributed by atoms with Crippen molar-refractivity contribution in [3.8, 4) is 0 Å². The molecule has 0 unspecified atom stereocenters. The van der Waals surface area contributed by atoms with Crippen molar-refractivity contribution in [2.24, 2.45) is 0 Å². The Morgan fingerprint density at radius 3 is 2.83 bits per heavy atom. The van der Waals surface area contributed by atoms with Crippen LogP contribution in [0.25, 0.3) is 0 Å². The quantitative estimate of drug-likeness (QED) is 0.562. The predicted molar refractivity (Wildman–Crippen MR) is 74.3 cm³/mol. The standard InChI is InChI=1S/C16H22O2/c1-2-3-4-5-9-12-16(17)14-18-13-15-10-7-6-8-11-15/h5-8,10-12,16-17H,2-4,13-14H2,1H3/t9?,16-/m1/s1. The van der Waals surface area contributed by atoms with Gasteiger partial charge in [-0.2, -0.15) is 0 Å². The van der Waals surface area contributed by atoms with Crippen LogP contribution in [-0.2, 0) is 11.3 Å². The summed E-state index contributed by atoms with van der Waals surface area (Å²) in [4.78, 5) is 0. The van der Waals surface area contributed by atoms with Crippen LogP contribution in [0.4, 0.5) is 0 Å². The van der Waals surface area contributed by atoms with Crippen molar-refractivity contribution in [2.75, 3.05) is 6.61 Å². The highest BCUT2D eigenvalue weighted by Gasteiger charge is 1.98. The van der Waals surface area contributed by atoms with E-state index in [2.05, 4.69) is 12.7 Å². The first kappa shape index (κ1) is 14.7. The summed E-state index contributed by atoms with van der Waals surface area (Å²) in [7, 11) is 0. The lowest BCUT2D eigenvalue weighted by atomic mass is 10.2. The molecule has 0 spiro atoms. The van der Waals surface area contributed by atoms with Crippen molar-refractivity contribution >= 4 is 0 Å².